The summed E-state index contributed by atoms with van der Waals surface area (Å²) in [6.07, 6.45) is 106. The molecule has 544 valence electrons. The molecule has 0 saturated heterocycles. The van der Waals surface area contributed by atoms with Crippen molar-refractivity contribution in [3.63, 3.8) is 0 Å². The van der Waals surface area contributed by atoms with Gasteiger partial charge in [-0.1, -0.05) is 347 Å². The summed E-state index contributed by atoms with van der Waals surface area (Å²) >= 11 is 0. The van der Waals surface area contributed by atoms with E-state index in [9.17, 15) is 19.5 Å². The van der Waals surface area contributed by atoms with Crippen molar-refractivity contribution in [1.82, 2.24) is 0 Å². The number of hydrogen-bond donors (Lipinski definition) is 1. The standard InChI is InChI=1S/C86H147NO8/c1-6-8-10-12-14-16-18-20-22-24-26-28-30-32-34-36-38-40-41-42-43-45-46-48-50-52-54-56-58-60-62-64-66-68-70-72-74-76-83(88)93-80-82(81-94-86(85(90)91)92-79-78-87(3,4)5)95-84(89)77-75-73-71-69-67-65-63-61-59-57-55-53-51-49-47-44-39-37-35-33-31-29-27-25-23-21-19-17-15-13-11-9-7-2/h8-11,14-17,20-23,26-29,33,35,39,44,49,51,82,86H,6-7,12-13,18-19,24-25,30-32,34,36-38,40-43,45-48,50,52-81H2,1-5H3/p+1/b10-8-,11-9-,16-14-,17-15-,22-20-,23-21-,28-26-,29-27-,35-33-,44-39-,51-49-. The topological polar surface area (TPSA) is 108 Å². The lowest BCUT2D eigenvalue weighted by Crippen LogP contribution is -2.40. The maximum atomic E-state index is 13.0. The summed E-state index contributed by atoms with van der Waals surface area (Å²) in [7, 11) is 5.98. The van der Waals surface area contributed by atoms with Crippen molar-refractivity contribution in [1.29, 1.82) is 0 Å². The summed E-state index contributed by atoms with van der Waals surface area (Å²) < 4.78 is 23.0. The number of aliphatic carboxylic acids is 1. The molecule has 9 heteroatoms. The first kappa shape index (κ1) is 90.4. The van der Waals surface area contributed by atoms with Crippen LogP contribution in [0.1, 0.15) is 335 Å². The first-order chi connectivity index (χ1) is 46.6. The number of hydrogen-bond acceptors (Lipinski definition) is 7. The number of carboxylic acid groups (broad SMARTS) is 1. The molecule has 0 spiro atoms. The zero-order valence-electron chi connectivity index (χ0n) is 62.3. The van der Waals surface area contributed by atoms with E-state index in [1.54, 1.807) is 0 Å². The summed E-state index contributed by atoms with van der Waals surface area (Å²) in [4.78, 5) is 37.7. The maximum Gasteiger partial charge on any atom is 0.361 e. The van der Waals surface area contributed by atoms with Crippen LogP contribution in [0, 0.1) is 0 Å². The molecular formula is C86H148NO8+. The van der Waals surface area contributed by atoms with E-state index in [0.29, 0.717) is 23.9 Å². The zero-order chi connectivity index (χ0) is 69.0. The number of ether oxygens (including phenoxy) is 4. The van der Waals surface area contributed by atoms with Crippen molar-refractivity contribution in [3.05, 3.63) is 134 Å². The molecule has 0 aliphatic rings. The second kappa shape index (κ2) is 75.2. The van der Waals surface area contributed by atoms with Gasteiger partial charge in [0.25, 0.3) is 6.29 Å². The molecule has 2 unspecified atom stereocenters. The molecule has 0 aromatic heterocycles. The van der Waals surface area contributed by atoms with Crippen LogP contribution in [0.25, 0.3) is 0 Å². The van der Waals surface area contributed by atoms with Crippen molar-refractivity contribution in [2.75, 3.05) is 47.5 Å². The smallest absolute Gasteiger partial charge is 0.361 e. The Morgan fingerprint density at radius 2 is 0.568 bits per heavy atom. The Labute approximate surface area is 586 Å². The van der Waals surface area contributed by atoms with Crippen LogP contribution >= 0.6 is 0 Å². The lowest BCUT2D eigenvalue weighted by Gasteiger charge is -2.25. The monoisotopic (exact) mass is 1320 g/mol. The Kier molecular flexibility index (Phi) is 71.6. The fourth-order valence-corrected chi connectivity index (χ4v) is 11.0. The van der Waals surface area contributed by atoms with Crippen LogP contribution in [0.4, 0.5) is 0 Å². The van der Waals surface area contributed by atoms with Gasteiger partial charge in [0.1, 0.15) is 13.2 Å². The second-order valence-corrected chi connectivity index (χ2v) is 27.3. The van der Waals surface area contributed by atoms with Gasteiger partial charge < -0.3 is 28.5 Å². The average Bonchev–Trinajstić information content (AvgIpc) is 3.75. The minimum Gasteiger partial charge on any atom is -0.477 e. The van der Waals surface area contributed by atoms with Crippen molar-refractivity contribution in [2.45, 2.75) is 347 Å². The molecule has 2 atom stereocenters. The first-order valence-electron chi connectivity index (χ1n) is 39.3. The van der Waals surface area contributed by atoms with E-state index < -0.39 is 24.3 Å². The van der Waals surface area contributed by atoms with Crippen LogP contribution in [0.15, 0.2) is 134 Å². The van der Waals surface area contributed by atoms with Gasteiger partial charge in [-0.25, -0.2) is 4.79 Å². The Balaban J connectivity index is 4.04. The minimum absolute atomic E-state index is 0.184. The van der Waals surface area contributed by atoms with Crippen LogP contribution in [-0.4, -0.2) is 87.4 Å². The number of rotatable bonds is 72. The molecule has 0 amide bonds. The zero-order valence-corrected chi connectivity index (χ0v) is 62.3. The molecule has 95 heavy (non-hydrogen) atoms. The summed E-state index contributed by atoms with van der Waals surface area (Å²) in [5, 5.41) is 9.77. The van der Waals surface area contributed by atoms with Gasteiger partial charge >= 0.3 is 17.9 Å². The number of unbranched alkanes of at least 4 members (excludes halogenated alkanes) is 35. The Hall–Kier alpha value is -4.57. The van der Waals surface area contributed by atoms with E-state index in [4.69, 9.17) is 18.9 Å². The fourth-order valence-electron chi connectivity index (χ4n) is 11.0. The van der Waals surface area contributed by atoms with Crippen molar-refractivity contribution in [3.8, 4) is 0 Å². The normalized spacial score (nSPS) is 13.4. The van der Waals surface area contributed by atoms with E-state index >= 15 is 0 Å². The highest BCUT2D eigenvalue weighted by molar-refractivity contribution is 5.71. The summed E-state index contributed by atoms with van der Waals surface area (Å²) in [6, 6.07) is 0. The highest BCUT2D eigenvalue weighted by Crippen LogP contribution is 2.18. The van der Waals surface area contributed by atoms with E-state index in [2.05, 4.69) is 148 Å². The van der Waals surface area contributed by atoms with Crippen LogP contribution in [0.2, 0.25) is 0 Å². The molecule has 0 aromatic carbocycles. The molecule has 0 radical (unpaired) electrons. The number of allylic oxidation sites excluding steroid dienone is 22. The lowest BCUT2D eigenvalue weighted by atomic mass is 10.0. The summed E-state index contributed by atoms with van der Waals surface area (Å²) in [5.41, 5.74) is 0. The van der Waals surface area contributed by atoms with Gasteiger partial charge in [-0.2, -0.15) is 0 Å². The molecule has 0 heterocycles. The third-order valence-corrected chi connectivity index (χ3v) is 16.9. The second-order valence-electron chi connectivity index (χ2n) is 27.3. The third kappa shape index (κ3) is 76.7. The minimum atomic E-state index is -1.52. The molecule has 0 aromatic rings. The molecule has 0 fully saturated rings. The third-order valence-electron chi connectivity index (χ3n) is 16.9. The number of carbonyl (C=O) groups excluding carboxylic acids is 2. The van der Waals surface area contributed by atoms with E-state index in [1.807, 2.05) is 21.1 Å². The molecule has 9 nitrogen and oxygen atoms in total. The number of carbonyl (C=O) groups is 3. The number of quaternary nitrogens is 1. The van der Waals surface area contributed by atoms with Crippen molar-refractivity contribution in [2.24, 2.45) is 0 Å². The number of carboxylic acids is 1. The quantitative estimate of drug-likeness (QED) is 0.0211. The van der Waals surface area contributed by atoms with Gasteiger partial charge in [0.05, 0.1) is 34.4 Å². The van der Waals surface area contributed by atoms with Crippen LogP contribution in [-0.2, 0) is 33.3 Å². The lowest BCUT2D eigenvalue weighted by molar-refractivity contribution is -0.870. The molecule has 0 aliphatic carbocycles. The molecule has 1 N–H and O–H groups in total. The van der Waals surface area contributed by atoms with Gasteiger partial charge in [0.2, 0.25) is 0 Å². The molecule has 0 rings (SSSR count). The predicted octanol–water partition coefficient (Wildman–Crippen LogP) is 25.3. The molecule has 0 saturated carbocycles. The van der Waals surface area contributed by atoms with Gasteiger partial charge in [-0.15, -0.1) is 0 Å². The highest BCUT2D eigenvalue weighted by Gasteiger charge is 2.25. The average molecular weight is 1320 g/mol. The maximum absolute atomic E-state index is 13.0. The Morgan fingerprint density at radius 3 is 0.842 bits per heavy atom. The SMILES string of the molecule is CC/C=C\C/C=C\C/C=C\C/C=C\C/C=C\C/C=C\C/C=C\CCCCCCCCCCCCCC(=O)OC(COC(=O)CCCCCCCCCCCCCCCCCCCCCCCCCC/C=C\C/C=C\C/C=C\C/C=C\CC)COC(OCC[N+](C)(C)C)C(=O)O. The molecule has 0 aliphatic heterocycles. The van der Waals surface area contributed by atoms with Crippen molar-refractivity contribution >= 4 is 17.9 Å². The number of esters is 2. The van der Waals surface area contributed by atoms with Crippen LogP contribution in [0.5, 0.6) is 0 Å². The van der Waals surface area contributed by atoms with E-state index in [-0.39, 0.29) is 32.2 Å². The summed E-state index contributed by atoms with van der Waals surface area (Å²) in [6.45, 7) is 4.68. The molecular weight excluding hydrogens is 1170 g/mol. The van der Waals surface area contributed by atoms with Gasteiger partial charge in [-0.3, -0.25) is 9.59 Å². The van der Waals surface area contributed by atoms with Gasteiger partial charge in [-0.05, 0) is 109 Å². The van der Waals surface area contributed by atoms with Gasteiger partial charge in [0.15, 0.2) is 6.10 Å². The largest absolute Gasteiger partial charge is 0.477 e. The Morgan fingerprint density at radius 1 is 0.316 bits per heavy atom. The molecule has 0 bridgehead atoms. The Bertz CT molecular complexity index is 2030. The highest BCUT2D eigenvalue weighted by atomic mass is 16.7. The number of nitrogens with zero attached hydrogens (tertiary/aromatic N) is 1. The van der Waals surface area contributed by atoms with Crippen LogP contribution in [0.3, 0.4) is 0 Å². The summed E-state index contributed by atoms with van der Waals surface area (Å²) in [5.74, 6) is -2.00. The van der Waals surface area contributed by atoms with Crippen molar-refractivity contribution < 1.29 is 42.9 Å². The van der Waals surface area contributed by atoms with Gasteiger partial charge in [0, 0.05) is 12.8 Å². The van der Waals surface area contributed by atoms with E-state index in [0.717, 1.165) is 116 Å². The van der Waals surface area contributed by atoms with E-state index in [1.165, 1.54) is 186 Å². The van der Waals surface area contributed by atoms with Crippen LogP contribution < -0.4 is 0 Å². The first-order valence-corrected chi connectivity index (χ1v) is 39.3. The fraction of sp³-hybridized carbons (Fsp3) is 0.709. The predicted molar refractivity (Wildman–Crippen MR) is 410 cm³/mol. The number of likely N-dealkylation sites (N-methyl/N-ethyl adjacent to an activating group) is 1.